The van der Waals surface area contributed by atoms with E-state index in [-0.39, 0.29) is 17.7 Å². The lowest BCUT2D eigenvalue weighted by Gasteiger charge is -2.10. The SMILES string of the molecule is CCCCOC(=O)c1ccc(S(=O)(=O)O)c(OC(=O)c2ccccc2)c1. The first-order chi connectivity index (χ1) is 12.3. The van der Waals surface area contributed by atoms with E-state index in [1.54, 1.807) is 18.2 Å². The van der Waals surface area contributed by atoms with Crippen molar-refractivity contribution < 1.29 is 32.0 Å². The van der Waals surface area contributed by atoms with Crippen LogP contribution < -0.4 is 4.74 Å². The third kappa shape index (κ3) is 5.14. The second-order valence-corrected chi connectivity index (χ2v) is 6.77. The van der Waals surface area contributed by atoms with Crippen molar-refractivity contribution in [3.8, 4) is 5.75 Å². The van der Waals surface area contributed by atoms with E-state index < -0.39 is 32.7 Å². The molecule has 26 heavy (non-hydrogen) atoms. The van der Waals surface area contributed by atoms with Crippen LogP contribution in [-0.4, -0.2) is 31.5 Å². The Morgan fingerprint density at radius 1 is 1.00 bits per heavy atom. The van der Waals surface area contributed by atoms with Crippen LogP contribution in [0.5, 0.6) is 5.75 Å². The van der Waals surface area contributed by atoms with Gasteiger partial charge < -0.3 is 9.47 Å². The molecular weight excluding hydrogens is 360 g/mol. The summed E-state index contributed by atoms with van der Waals surface area (Å²) in [7, 11) is -4.65. The van der Waals surface area contributed by atoms with E-state index in [1.807, 2.05) is 6.92 Å². The smallest absolute Gasteiger partial charge is 0.343 e. The first-order valence-electron chi connectivity index (χ1n) is 7.89. The Kier molecular flexibility index (Phi) is 6.48. The molecular formula is C18H18O7S. The van der Waals surface area contributed by atoms with Crippen molar-refractivity contribution in [2.45, 2.75) is 24.7 Å². The van der Waals surface area contributed by atoms with E-state index in [9.17, 15) is 22.6 Å². The van der Waals surface area contributed by atoms with E-state index in [2.05, 4.69) is 0 Å². The second kappa shape index (κ2) is 8.59. The van der Waals surface area contributed by atoms with Gasteiger partial charge in [-0.15, -0.1) is 0 Å². The lowest BCUT2D eigenvalue weighted by molar-refractivity contribution is 0.0497. The zero-order valence-electron chi connectivity index (χ0n) is 14.0. The van der Waals surface area contributed by atoms with Gasteiger partial charge in [-0.25, -0.2) is 9.59 Å². The predicted octanol–water partition coefficient (Wildman–Crippen LogP) is 3.11. The van der Waals surface area contributed by atoms with Crippen molar-refractivity contribution in [1.29, 1.82) is 0 Å². The van der Waals surface area contributed by atoms with Crippen molar-refractivity contribution in [2.24, 2.45) is 0 Å². The number of ether oxygens (including phenoxy) is 2. The van der Waals surface area contributed by atoms with Gasteiger partial charge in [-0.05, 0) is 36.8 Å². The maximum Gasteiger partial charge on any atom is 0.343 e. The van der Waals surface area contributed by atoms with E-state index in [0.29, 0.717) is 6.42 Å². The van der Waals surface area contributed by atoms with Gasteiger partial charge in [0.15, 0.2) is 5.75 Å². The molecule has 0 unspecified atom stereocenters. The zero-order valence-corrected chi connectivity index (χ0v) is 14.9. The van der Waals surface area contributed by atoms with E-state index in [4.69, 9.17) is 9.47 Å². The molecule has 2 rings (SSSR count). The van der Waals surface area contributed by atoms with Crippen molar-refractivity contribution in [3.05, 3.63) is 59.7 Å². The minimum atomic E-state index is -4.65. The van der Waals surface area contributed by atoms with Crippen LogP contribution in [0.4, 0.5) is 0 Å². The van der Waals surface area contributed by atoms with E-state index >= 15 is 0 Å². The van der Waals surface area contributed by atoms with Crippen molar-refractivity contribution in [1.82, 2.24) is 0 Å². The van der Waals surface area contributed by atoms with E-state index in [0.717, 1.165) is 18.6 Å². The Labute approximate surface area is 151 Å². The van der Waals surface area contributed by atoms with Crippen LogP contribution in [0.1, 0.15) is 40.5 Å². The third-order valence-corrected chi connectivity index (χ3v) is 4.29. The first-order valence-corrected chi connectivity index (χ1v) is 9.33. The molecule has 138 valence electrons. The molecule has 0 saturated heterocycles. The lowest BCUT2D eigenvalue weighted by Crippen LogP contribution is -2.13. The molecule has 0 aromatic heterocycles. The molecule has 0 heterocycles. The maximum absolute atomic E-state index is 12.2. The number of hydrogen-bond acceptors (Lipinski definition) is 6. The molecule has 1 N–H and O–H groups in total. The molecule has 0 radical (unpaired) electrons. The van der Waals surface area contributed by atoms with E-state index in [1.165, 1.54) is 18.2 Å². The Bertz CT molecular complexity index is 889. The molecule has 2 aromatic carbocycles. The Morgan fingerprint density at radius 3 is 2.31 bits per heavy atom. The normalized spacial score (nSPS) is 11.0. The molecule has 0 atom stereocenters. The molecule has 8 heteroatoms. The van der Waals surface area contributed by atoms with Crippen molar-refractivity contribution in [3.63, 3.8) is 0 Å². The number of carbonyl (C=O) groups is 2. The highest BCUT2D eigenvalue weighted by Crippen LogP contribution is 2.26. The number of carbonyl (C=O) groups excluding carboxylic acids is 2. The average Bonchev–Trinajstić information content (AvgIpc) is 2.61. The highest BCUT2D eigenvalue weighted by molar-refractivity contribution is 7.86. The minimum Gasteiger partial charge on any atom is -0.462 e. The Hall–Kier alpha value is -2.71. The third-order valence-electron chi connectivity index (χ3n) is 3.40. The summed E-state index contributed by atoms with van der Waals surface area (Å²) in [6, 6.07) is 11.1. The number of hydrogen-bond donors (Lipinski definition) is 1. The summed E-state index contributed by atoms with van der Waals surface area (Å²) in [6.45, 7) is 2.16. The van der Waals surface area contributed by atoms with Crippen LogP contribution in [0.3, 0.4) is 0 Å². The summed E-state index contributed by atoms with van der Waals surface area (Å²) in [4.78, 5) is 23.6. The Balaban J connectivity index is 2.33. The van der Waals surface area contributed by atoms with Crippen molar-refractivity contribution in [2.75, 3.05) is 6.61 Å². The zero-order chi connectivity index (χ0) is 19.2. The fourth-order valence-corrected chi connectivity index (χ4v) is 2.65. The molecule has 7 nitrogen and oxygen atoms in total. The molecule has 0 aliphatic carbocycles. The van der Waals surface area contributed by atoms with Gasteiger partial charge in [0.2, 0.25) is 0 Å². The first kappa shape index (κ1) is 19.6. The average molecular weight is 378 g/mol. The number of rotatable bonds is 7. The van der Waals surface area contributed by atoms with Crippen LogP contribution >= 0.6 is 0 Å². The summed E-state index contributed by atoms with van der Waals surface area (Å²) in [5.74, 6) is -1.96. The molecule has 0 fully saturated rings. The molecule has 0 aliphatic heterocycles. The van der Waals surface area contributed by atoms with Gasteiger partial charge in [-0.3, -0.25) is 4.55 Å². The van der Waals surface area contributed by atoms with Crippen LogP contribution in [0.15, 0.2) is 53.4 Å². The summed E-state index contributed by atoms with van der Waals surface area (Å²) in [6.07, 6.45) is 1.53. The number of benzene rings is 2. The van der Waals surface area contributed by atoms with Gasteiger partial charge in [0, 0.05) is 0 Å². The largest absolute Gasteiger partial charge is 0.462 e. The fraction of sp³-hybridized carbons (Fsp3) is 0.222. The molecule has 0 bridgehead atoms. The van der Waals surface area contributed by atoms with Crippen LogP contribution in [-0.2, 0) is 14.9 Å². The van der Waals surface area contributed by atoms with Crippen LogP contribution in [0.2, 0.25) is 0 Å². The fourth-order valence-electron chi connectivity index (χ4n) is 2.05. The standard InChI is InChI=1S/C18H18O7S/c1-2-3-11-24-17(19)14-9-10-16(26(21,22)23)15(12-14)25-18(20)13-7-5-4-6-8-13/h4-10,12H,2-3,11H2,1H3,(H,21,22,23). The highest BCUT2D eigenvalue weighted by Gasteiger charge is 2.22. The van der Waals surface area contributed by atoms with Gasteiger partial charge in [0.25, 0.3) is 10.1 Å². The summed E-state index contributed by atoms with van der Waals surface area (Å²) < 4.78 is 42.5. The summed E-state index contributed by atoms with van der Waals surface area (Å²) in [5, 5.41) is 0. The van der Waals surface area contributed by atoms with Crippen molar-refractivity contribution >= 4 is 22.1 Å². The van der Waals surface area contributed by atoms with Crippen LogP contribution in [0, 0.1) is 0 Å². The monoisotopic (exact) mass is 378 g/mol. The highest BCUT2D eigenvalue weighted by atomic mass is 32.2. The number of esters is 2. The minimum absolute atomic E-state index is 0.00404. The molecule has 0 aliphatic rings. The van der Waals surface area contributed by atoms with Gasteiger partial charge >= 0.3 is 11.9 Å². The molecule has 0 amide bonds. The quantitative estimate of drug-likeness (QED) is 0.341. The lowest BCUT2D eigenvalue weighted by atomic mass is 10.2. The molecule has 2 aromatic rings. The maximum atomic E-state index is 12.2. The van der Waals surface area contributed by atoms with Crippen LogP contribution in [0.25, 0.3) is 0 Å². The van der Waals surface area contributed by atoms with Gasteiger partial charge in [-0.2, -0.15) is 8.42 Å². The topological polar surface area (TPSA) is 107 Å². The van der Waals surface area contributed by atoms with Gasteiger partial charge in [0.1, 0.15) is 4.90 Å². The predicted molar refractivity (Wildman–Crippen MR) is 92.8 cm³/mol. The molecule has 0 spiro atoms. The Morgan fingerprint density at radius 2 is 1.69 bits per heavy atom. The summed E-state index contributed by atoms with van der Waals surface area (Å²) in [5.41, 5.74) is 0.189. The molecule has 0 saturated carbocycles. The van der Waals surface area contributed by atoms with Gasteiger partial charge in [-0.1, -0.05) is 31.5 Å². The van der Waals surface area contributed by atoms with Gasteiger partial charge in [0.05, 0.1) is 17.7 Å². The summed E-state index contributed by atoms with van der Waals surface area (Å²) >= 11 is 0. The second-order valence-electron chi connectivity index (χ2n) is 5.38. The number of unbranched alkanes of at least 4 members (excludes halogenated alkanes) is 1.